The van der Waals surface area contributed by atoms with Gasteiger partial charge in [-0.05, 0) is 49.8 Å². The summed E-state index contributed by atoms with van der Waals surface area (Å²) in [6.45, 7) is 4.26. The Labute approximate surface area is 114 Å². The third-order valence-corrected chi connectivity index (χ3v) is 3.88. The molecule has 2 aromatic rings. The van der Waals surface area contributed by atoms with Crippen molar-refractivity contribution in [1.82, 2.24) is 4.98 Å². The number of nitrogens with one attached hydrogen (secondary N) is 1. The molecule has 1 fully saturated rings. The first kappa shape index (κ1) is 12.2. The number of hydrogen-bond acceptors (Lipinski definition) is 2. The molecule has 0 spiro atoms. The minimum absolute atomic E-state index is 0.420. The zero-order valence-electron chi connectivity index (χ0n) is 11.6. The normalized spacial score (nSPS) is 16.1. The summed E-state index contributed by atoms with van der Waals surface area (Å²) < 4.78 is 0. The zero-order valence-corrected chi connectivity index (χ0v) is 11.6. The molecule has 1 aliphatic rings. The van der Waals surface area contributed by atoms with Crippen molar-refractivity contribution < 1.29 is 0 Å². The van der Waals surface area contributed by atoms with E-state index < -0.39 is 0 Å². The molecule has 1 heterocycles. The maximum atomic E-state index is 4.22. The van der Waals surface area contributed by atoms with Crippen LogP contribution in [0.15, 0.2) is 42.7 Å². The Morgan fingerprint density at radius 2 is 1.84 bits per heavy atom. The molecular weight excluding hydrogens is 232 g/mol. The van der Waals surface area contributed by atoms with E-state index in [2.05, 4.69) is 54.5 Å². The van der Waals surface area contributed by atoms with Gasteiger partial charge in [0, 0.05) is 6.20 Å². The molecule has 2 heteroatoms. The van der Waals surface area contributed by atoms with E-state index >= 15 is 0 Å². The number of aromatic nitrogens is 1. The summed E-state index contributed by atoms with van der Waals surface area (Å²) in [4.78, 5) is 4.22. The average molecular weight is 252 g/mol. The van der Waals surface area contributed by atoms with E-state index in [1.807, 2.05) is 12.4 Å². The highest BCUT2D eigenvalue weighted by Crippen LogP contribution is 2.43. The first-order valence-electron chi connectivity index (χ1n) is 6.98. The minimum atomic E-state index is 0.420. The fourth-order valence-electron chi connectivity index (χ4n) is 2.46. The molecule has 1 aliphatic carbocycles. The van der Waals surface area contributed by atoms with Crippen LogP contribution in [0, 0.1) is 19.8 Å². The lowest BCUT2D eigenvalue weighted by Gasteiger charge is -2.21. The van der Waals surface area contributed by atoms with Crippen molar-refractivity contribution in [2.75, 3.05) is 5.32 Å². The Kier molecular flexibility index (Phi) is 3.24. The van der Waals surface area contributed by atoms with Gasteiger partial charge in [-0.15, -0.1) is 0 Å². The van der Waals surface area contributed by atoms with Gasteiger partial charge in [0.2, 0.25) is 0 Å². The van der Waals surface area contributed by atoms with E-state index in [1.54, 1.807) is 0 Å². The van der Waals surface area contributed by atoms with Crippen molar-refractivity contribution in [1.29, 1.82) is 0 Å². The van der Waals surface area contributed by atoms with E-state index in [0.717, 1.165) is 11.6 Å². The second-order valence-electron chi connectivity index (χ2n) is 5.56. The van der Waals surface area contributed by atoms with Gasteiger partial charge < -0.3 is 5.32 Å². The highest BCUT2D eigenvalue weighted by Gasteiger charge is 2.32. The quantitative estimate of drug-likeness (QED) is 0.879. The molecule has 3 rings (SSSR count). The van der Waals surface area contributed by atoms with Gasteiger partial charge in [-0.1, -0.05) is 29.8 Å². The largest absolute Gasteiger partial charge is 0.376 e. The van der Waals surface area contributed by atoms with Crippen LogP contribution in [0.25, 0.3) is 0 Å². The number of pyridine rings is 1. The first-order valence-corrected chi connectivity index (χ1v) is 6.98. The van der Waals surface area contributed by atoms with Crippen LogP contribution in [0.5, 0.6) is 0 Å². The zero-order chi connectivity index (χ0) is 13.2. The number of hydrogen-bond donors (Lipinski definition) is 1. The summed E-state index contributed by atoms with van der Waals surface area (Å²) in [5.74, 6) is 0.766. The first-order chi connectivity index (χ1) is 9.24. The molecule has 1 saturated carbocycles. The smallest absolute Gasteiger partial charge is 0.0561 e. The maximum Gasteiger partial charge on any atom is 0.0561 e. The Balaban J connectivity index is 1.86. The van der Waals surface area contributed by atoms with Crippen molar-refractivity contribution >= 4 is 5.69 Å². The van der Waals surface area contributed by atoms with Gasteiger partial charge >= 0.3 is 0 Å². The minimum Gasteiger partial charge on any atom is -0.376 e. The fraction of sp³-hybridized carbons (Fsp3) is 0.353. The van der Waals surface area contributed by atoms with E-state index in [-0.39, 0.29) is 0 Å². The topological polar surface area (TPSA) is 24.9 Å². The lowest BCUT2D eigenvalue weighted by atomic mass is 10.0. The Hall–Kier alpha value is -1.83. The summed E-state index contributed by atoms with van der Waals surface area (Å²) in [6, 6.07) is 11.4. The van der Waals surface area contributed by atoms with Crippen molar-refractivity contribution in [2.24, 2.45) is 5.92 Å². The van der Waals surface area contributed by atoms with Crippen LogP contribution in [0.4, 0.5) is 5.69 Å². The molecule has 1 aromatic carbocycles. The van der Waals surface area contributed by atoms with Crippen LogP contribution in [0.3, 0.4) is 0 Å². The number of benzene rings is 1. The van der Waals surface area contributed by atoms with Crippen molar-refractivity contribution in [3.63, 3.8) is 0 Å². The molecule has 0 aliphatic heterocycles. The van der Waals surface area contributed by atoms with Gasteiger partial charge in [0.15, 0.2) is 0 Å². The second-order valence-corrected chi connectivity index (χ2v) is 5.56. The third-order valence-electron chi connectivity index (χ3n) is 3.88. The predicted octanol–water partition coefficient (Wildman–Crippen LogP) is 4.26. The molecule has 1 N–H and O–H groups in total. The number of nitrogens with zero attached hydrogens (tertiary/aromatic N) is 1. The lowest BCUT2D eigenvalue weighted by molar-refractivity contribution is 0.677. The van der Waals surface area contributed by atoms with E-state index in [9.17, 15) is 0 Å². The Morgan fingerprint density at radius 3 is 2.47 bits per heavy atom. The predicted molar refractivity (Wildman–Crippen MR) is 79.2 cm³/mol. The summed E-state index contributed by atoms with van der Waals surface area (Å²) in [5.41, 5.74) is 5.11. The van der Waals surface area contributed by atoms with Gasteiger partial charge in [-0.25, -0.2) is 0 Å². The maximum absolute atomic E-state index is 4.22. The van der Waals surface area contributed by atoms with Crippen molar-refractivity contribution in [2.45, 2.75) is 32.7 Å². The van der Waals surface area contributed by atoms with Gasteiger partial charge in [-0.2, -0.15) is 0 Å². The SMILES string of the molecule is Cc1ccc(C(Nc2cnccc2C)C2CC2)cc1. The van der Waals surface area contributed by atoms with Crippen LogP contribution < -0.4 is 5.32 Å². The van der Waals surface area contributed by atoms with Gasteiger partial charge in [-0.3, -0.25) is 4.98 Å². The van der Waals surface area contributed by atoms with Gasteiger partial charge in [0.25, 0.3) is 0 Å². The Morgan fingerprint density at radius 1 is 1.11 bits per heavy atom. The van der Waals surface area contributed by atoms with Crippen LogP contribution in [0.1, 0.15) is 35.6 Å². The van der Waals surface area contributed by atoms with Crippen molar-refractivity contribution in [3.8, 4) is 0 Å². The summed E-state index contributed by atoms with van der Waals surface area (Å²) in [5, 5.41) is 3.68. The molecule has 0 saturated heterocycles. The molecule has 19 heavy (non-hydrogen) atoms. The molecular formula is C17H20N2. The monoisotopic (exact) mass is 252 g/mol. The second kappa shape index (κ2) is 5.04. The van der Waals surface area contributed by atoms with E-state index in [4.69, 9.17) is 0 Å². The summed E-state index contributed by atoms with van der Waals surface area (Å²) >= 11 is 0. The molecule has 0 amide bonds. The molecule has 1 aromatic heterocycles. The van der Waals surface area contributed by atoms with Crippen molar-refractivity contribution in [3.05, 3.63) is 59.4 Å². The molecule has 2 nitrogen and oxygen atoms in total. The summed E-state index contributed by atoms with van der Waals surface area (Å²) in [7, 11) is 0. The van der Waals surface area contributed by atoms with E-state index in [1.165, 1.54) is 29.5 Å². The van der Waals surface area contributed by atoms with Crippen LogP contribution >= 0.6 is 0 Å². The summed E-state index contributed by atoms with van der Waals surface area (Å²) in [6.07, 6.45) is 6.42. The standard InChI is InChI=1S/C17H20N2/c1-12-3-5-14(6-4-12)17(15-7-8-15)19-16-11-18-10-9-13(16)2/h3-6,9-11,15,17,19H,7-8H2,1-2H3. The molecule has 98 valence electrons. The molecule has 1 atom stereocenters. The average Bonchev–Trinajstić information content (AvgIpc) is 3.24. The Bertz CT molecular complexity index is 556. The van der Waals surface area contributed by atoms with Crippen LogP contribution in [-0.2, 0) is 0 Å². The fourth-order valence-corrected chi connectivity index (χ4v) is 2.46. The van der Waals surface area contributed by atoms with Gasteiger partial charge in [0.05, 0.1) is 17.9 Å². The highest BCUT2D eigenvalue weighted by atomic mass is 15.0. The van der Waals surface area contributed by atoms with Gasteiger partial charge in [0.1, 0.15) is 0 Å². The molecule has 0 radical (unpaired) electrons. The lowest BCUT2D eigenvalue weighted by Crippen LogP contribution is -2.13. The molecule has 0 bridgehead atoms. The number of aryl methyl sites for hydroxylation is 2. The van der Waals surface area contributed by atoms with Crippen LogP contribution in [-0.4, -0.2) is 4.98 Å². The highest BCUT2D eigenvalue weighted by molar-refractivity contribution is 5.50. The van der Waals surface area contributed by atoms with Crippen LogP contribution in [0.2, 0.25) is 0 Å². The van der Waals surface area contributed by atoms with E-state index in [0.29, 0.717) is 6.04 Å². The molecule has 1 unspecified atom stereocenters. The number of anilines is 1. The third kappa shape index (κ3) is 2.78. The number of rotatable bonds is 4.